The number of hydrogen-bond acceptors (Lipinski definition) is 5. The minimum atomic E-state index is -4.62. The number of nitrogens with zero attached hydrogens (tertiary/aromatic N) is 1. The van der Waals surface area contributed by atoms with Crippen molar-refractivity contribution >= 4 is 15.9 Å². The lowest BCUT2D eigenvalue weighted by Crippen LogP contribution is -2.39. The molecule has 0 radical (unpaired) electrons. The van der Waals surface area contributed by atoms with Crippen LogP contribution in [0.4, 0.5) is 13.2 Å². The minimum Gasteiger partial charge on any atom is -0.365 e. The van der Waals surface area contributed by atoms with Crippen LogP contribution in [-0.2, 0) is 25.7 Å². The smallest absolute Gasteiger partial charge is 0.365 e. The summed E-state index contributed by atoms with van der Waals surface area (Å²) in [6.45, 7) is 1.75. The molecule has 2 atom stereocenters. The second-order valence-electron chi connectivity index (χ2n) is 4.87. The van der Waals surface area contributed by atoms with Gasteiger partial charge in [0.05, 0.1) is 11.7 Å². The van der Waals surface area contributed by atoms with Gasteiger partial charge in [-0.3, -0.25) is 4.79 Å². The molecule has 2 rings (SSSR count). The molecule has 1 aliphatic heterocycles. The summed E-state index contributed by atoms with van der Waals surface area (Å²) in [6, 6.07) is 1.27. The number of amides is 1. The van der Waals surface area contributed by atoms with Gasteiger partial charge in [-0.25, -0.2) is 9.71 Å². The fourth-order valence-electron chi connectivity index (χ4n) is 1.95. The van der Waals surface area contributed by atoms with Crippen LogP contribution < -0.4 is 4.72 Å². The van der Waals surface area contributed by atoms with Gasteiger partial charge in [-0.1, -0.05) is 0 Å². The third-order valence-electron chi connectivity index (χ3n) is 3.10. The van der Waals surface area contributed by atoms with Crippen LogP contribution in [-0.4, -0.2) is 31.5 Å². The first-order valence-corrected chi connectivity index (χ1v) is 7.83. The molecule has 1 amide bonds. The molecule has 0 bridgehead atoms. The summed E-state index contributed by atoms with van der Waals surface area (Å²) in [5.41, 5.74) is -1.08. The number of halogens is 3. The van der Waals surface area contributed by atoms with E-state index in [9.17, 15) is 26.4 Å². The van der Waals surface area contributed by atoms with E-state index < -0.39 is 38.8 Å². The predicted octanol–water partition coefficient (Wildman–Crippen LogP) is 1.47. The Morgan fingerprint density at radius 2 is 2.05 bits per heavy atom. The Morgan fingerprint density at radius 3 is 2.50 bits per heavy atom. The number of carbonyl (C=O) groups is 1. The summed E-state index contributed by atoms with van der Waals surface area (Å²) in [5.74, 6) is -0.856. The fraction of sp³-hybridized carbons (Fsp3) is 0.500. The van der Waals surface area contributed by atoms with E-state index >= 15 is 0 Å². The van der Waals surface area contributed by atoms with Gasteiger partial charge in [-0.2, -0.15) is 21.6 Å². The highest BCUT2D eigenvalue weighted by Gasteiger charge is 2.33. The van der Waals surface area contributed by atoms with Crippen LogP contribution >= 0.6 is 0 Å². The molecule has 1 fully saturated rings. The van der Waals surface area contributed by atoms with Gasteiger partial charge in [0.2, 0.25) is 0 Å². The summed E-state index contributed by atoms with van der Waals surface area (Å²) in [7, 11) is -4.33. The van der Waals surface area contributed by atoms with Crippen molar-refractivity contribution in [3.8, 4) is 0 Å². The Kier molecular flexibility index (Phi) is 4.43. The lowest BCUT2D eigenvalue weighted by Gasteiger charge is -2.12. The Bertz CT molecular complexity index is 658. The van der Waals surface area contributed by atoms with E-state index in [2.05, 4.69) is 4.98 Å². The monoisotopic (exact) mass is 338 g/mol. The Balaban J connectivity index is 2.12. The van der Waals surface area contributed by atoms with Crippen molar-refractivity contribution in [2.75, 3.05) is 0 Å². The van der Waals surface area contributed by atoms with E-state index in [1.54, 1.807) is 11.6 Å². The molecule has 1 aliphatic rings. The molecule has 1 aromatic heterocycles. The van der Waals surface area contributed by atoms with Crippen molar-refractivity contribution in [2.24, 2.45) is 0 Å². The molecule has 0 aliphatic carbocycles. The zero-order valence-corrected chi connectivity index (χ0v) is 12.2. The standard InChI is InChI=1S/C12H13F3N2O4S/c1-7-2-4-9(21-7)11(18)17-22(19,20)10-5-3-8(6-16-10)12(13,14)15/h3,5-7,9H,2,4H2,1H3,(H,17,18)/t7-,9-/m1/s1. The molecule has 10 heteroatoms. The van der Waals surface area contributed by atoms with Crippen molar-refractivity contribution in [3.05, 3.63) is 23.9 Å². The number of carbonyl (C=O) groups excluding carboxylic acids is 1. The second-order valence-corrected chi connectivity index (χ2v) is 6.49. The van der Waals surface area contributed by atoms with Crippen molar-refractivity contribution in [3.63, 3.8) is 0 Å². The number of hydrogen-bond donors (Lipinski definition) is 1. The largest absolute Gasteiger partial charge is 0.417 e. The van der Waals surface area contributed by atoms with Gasteiger partial charge in [-0.05, 0) is 31.9 Å². The lowest BCUT2D eigenvalue weighted by molar-refractivity contribution is -0.138. The molecule has 0 spiro atoms. The van der Waals surface area contributed by atoms with Crippen LogP contribution in [0.15, 0.2) is 23.4 Å². The molecule has 1 aromatic rings. The summed E-state index contributed by atoms with van der Waals surface area (Å²) < 4.78 is 68.0. The zero-order valence-electron chi connectivity index (χ0n) is 11.4. The topological polar surface area (TPSA) is 85.4 Å². The van der Waals surface area contributed by atoms with Gasteiger partial charge in [0.15, 0.2) is 5.03 Å². The molecule has 6 nitrogen and oxygen atoms in total. The molecule has 2 heterocycles. The Labute approximate surface area is 124 Å². The Hall–Kier alpha value is -1.68. The van der Waals surface area contributed by atoms with Crippen LogP contribution in [0.1, 0.15) is 25.3 Å². The second kappa shape index (κ2) is 5.84. The lowest BCUT2D eigenvalue weighted by atomic mass is 10.2. The SMILES string of the molecule is C[C@@H]1CC[C@H](C(=O)NS(=O)(=O)c2ccc(C(F)(F)F)cn2)O1. The first kappa shape index (κ1) is 16.7. The van der Waals surface area contributed by atoms with E-state index in [1.807, 2.05) is 0 Å². The molecule has 22 heavy (non-hydrogen) atoms. The van der Waals surface area contributed by atoms with Crippen LogP contribution in [0.25, 0.3) is 0 Å². The van der Waals surface area contributed by atoms with E-state index in [0.29, 0.717) is 31.2 Å². The molecular formula is C12H13F3N2O4S. The average Bonchev–Trinajstić information content (AvgIpc) is 2.84. The van der Waals surface area contributed by atoms with E-state index in [4.69, 9.17) is 4.74 Å². The number of ether oxygens (including phenoxy) is 1. The van der Waals surface area contributed by atoms with Crippen LogP contribution in [0.2, 0.25) is 0 Å². The first-order chi connectivity index (χ1) is 10.1. The van der Waals surface area contributed by atoms with E-state index in [-0.39, 0.29) is 6.10 Å². The highest BCUT2D eigenvalue weighted by atomic mass is 32.2. The zero-order chi connectivity index (χ0) is 16.5. The van der Waals surface area contributed by atoms with Gasteiger partial charge in [0.25, 0.3) is 15.9 Å². The maximum Gasteiger partial charge on any atom is 0.417 e. The normalized spacial score (nSPS) is 22.5. The van der Waals surface area contributed by atoms with Gasteiger partial charge in [0.1, 0.15) is 6.10 Å². The van der Waals surface area contributed by atoms with Crippen molar-refractivity contribution in [1.29, 1.82) is 0 Å². The van der Waals surface area contributed by atoms with E-state index in [0.717, 1.165) is 0 Å². The van der Waals surface area contributed by atoms with Gasteiger partial charge in [0, 0.05) is 6.20 Å². The number of nitrogens with one attached hydrogen (secondary N) is 1. The number of aromatic nitrogens is 1. The average molecular weight is 338 g/mol. The minimum absolute atomic E-state index is 0.150. The third kappa shape index (κ3) is 3.74. The highest BCUT2D eigenvalue weighted by Crippen LogP contribution is 2.28. The third-order valence-corrected chi connectivity index (χ3v) is 4.36. The molecule has 0 unspecified atom stereocenters. The number of sulfonamides is 1. The van der Waals surface area contributed by atoms with Gasteiger partial charge >= 0.3 is 6.18 Å². The van der Waals surface area contributed by atoms with Crippen LogP contribution in [0.5, 0.6) is 0 Å². The number of pyridine rings is 1. The van der Waals surface area contributed by atoms with Crippen molar-refractivity contribution in [1.82, 2.24) is 9.71 Å². The first-order valence-electron chi connectivity index (χ1n) is 6.35. The number of rotatable bonds is 3. The van der Waals surface area contributed by atoms with Gasteiger partial charge in [-0.15, -0.1) is 0 Å². The maximum absolute atomic E-state index is 12.4. The van der Waals surface area contributed by atoms with E-state index in [1.165, 1.54) is 0 Å². The molecule has 1 saturated heterocycles. The Morgan fingerprint density at radius 1 is 1.36 bits per heavy atom. The fourth-order valence-corrected chi connectivity index (χ4v) is 2.89. The molecule has 1 N–H and O–H groups in total. The predicted molar refractivity (Wildman–Crippen MR) is 68.1 cm³/mol. The number of alkyl halides is 3. The maximum atomic E-state index is 12.4. The highest BCUT2D eigenvalue weighted by molar-refractivity contribution is 7.90. The summed E-state index contributed by atoms with van der Waals surface area (Å²) in [5, 5.41) is -0.667. The summed E-state index contributed by atoms with van der Waals surface area (Å²) in [6.07, 6.45) is -4.26. The summed E-state index contributed by atoms with van der Waals surface area (Å²) >= 11 is 0. The van der Waals surface area contributed by atoms with Crippen molar-refractivity contribution in [2.45, 2.75) is 43.2 Å². The quantitative estimate of drug-likeness (QED) is 0.902. The molecule has 0 aromatic carbocycles. The molecular weight excluding hydrogens is 325 g/mol. The molecule has 122 valence electrons. The molecule has 0 saturated carbocycles. The van der Waals surface area contributed by atoms with Gasteiger partial charge < -0.3 is 4.74 Å². The van der Waals surface area contributed by atoms with Crippen LogP contribution in [0, 0.1) is 0 Å². The van der Waals surface area contributed by atoms with Crippen LogP contribution in [0.3, 0.4) is 0 Å². The van der Waals surface area contributed by atoms with Crippen molar-refractivity contribution < 1.29 is 31.1 Å². The summed E-state index contributed by atoms with van der Waals surface area (Å²) in [4.78, 5) is 15.0.